The van der Waals surface area contributed by atoms with E-state index in [9.17, 15) is 22.8 Å². The lowest BCUT2D eigenvalue weighted by atomic mass is 10.1. The number of alkyl halides is 3. The molecule has 0 radical (unpaired) electrons. The predicted octanol–water partition coefficient (Wildman–Crippen LogP) is 6.12. The Kier molecular flexibility index (Phi) is 6.74. The summed E-state index contributed by atoms with van der Waals surface area (Å²) in [7, 11) is 2.84. The van der Waals surface area contributed by atoms with Crippen molar-refractivity contribution in [3.63, 3.8) is 0 Å². The molecule has 0 aliphatic rings. The van der Waals surface area contributed by atoms with Crippen molar-refractivity contribution in [2.45, 2.75) is 19.5 Å². The standard InChI is InChI=1S/C27H23F3N2O4/c1-16-22(15-25(33)36-3)23-14-21(35-2)11-12-24(23)32(16)26(34)17-7-9-19(10-8-17)31-20-6-4-5-18(13-20)27(28,29)30/h4-14,31H,15H2,1-3H3. The molecule has 4 rings (SSSR count). The van der Waals surface area contributed by atoms with Gasteiger partial charge in [-0.1, -0.05) is 6.07 Å². The van der Waals surface area contributed by atoms with Crippen LogP contribution in [0.5, 0.6) is 5.75 Å². The van der Waals surface area contributed by atoms with Gasteiger partial charge in [-0.25, -0.2) is 0 Å². The number of hydrogen-bond acceptors (Lipinski definition) is 5. The first-order valence-corrected chi connectivity index (χ1v) is 11.0. The van der Waals surface area contributed by atoms with Gasteiger partial charge in [-0.2, -0.15) is 13.2 Å². The van der Waals surface area contributed by atoms with Gasteiger partial charge in [0.1, 0.15) is 5.75 Å². The zero-order chi connectivity index (χ0) is 26.0. The molecule has 0 bridgehead atoms. The number of aromatic nitrogens is 1. The van der Waals surface area contributed by atoms with Crippen LogP contribution in [0, 0.1) is 6.92 Å². The van der Waals surface area contributed by atoms with E-state index in [2.05, 4.69) is 5.32 Å². The van der Waals surface area contributed by atoms with E-state index in [0.717, 1.165) is 12.1 Å². The van der Waals surface area contributed by atoms with E-state index in [1.54, 1.807) is 49.4 Å². The lowest BCUT2D eigenvalue weighted by molar-refractivity contribution is -0.140. The van der Waals surface area contributed by atoms with Crippen LogP contribution >= 0.6 is 0 Å². The molecule has 1 heterocycles. The summed E-state index contributed by atoms with van der Waals surface area (Å²) in [5.74, 6) is -0.162. The number of nitrogens with one attached hydrogen (secondary N) is 1. The molecule has 0 unspecified atom stereocenters. The number of carbonyl (C=O) groups excluding carboxylic acids is 2. The number of methoxy groups -OCH3 is 2. The molecule has 36 heavy (non-hydrogen) atoms. The van der Waals surface area contributed by atoms with Gasteiger partial charge in [0.25, 0.3) is 5.91 Å². The second-order valence-electron chi connectivity index (χ2n) is 8.12. The van der Waals surface area contributed by atoms with Crippen LogP contribution in [0.2, 0.25) is 0 Å². The van der Waals surface area contributed by atoms with E-state index in [1.807, 2.05) is 0 Å². The summed E-state index contributed by atoms with van der Waals surface area (Å²) in [6.45, 7) is 1.76. The zero-order valence-corrected chi connectivity index (χ0v) is 19.8. The Bertz CT molecular complexity index is 1440. The van der Waals surface area contributed by atoms with Crippen molar-refractivity contribution in [2.24, 2.45) is 0 Å². The first-order valence-electron chi connectivity index (χ1n) is 11.0. The quantitative estimate of drug-likeness (QED) is 0.326. The van der Waals surface area contributed by atoms with Crippen molar-refractivity contribution in [3.8, 4) is 5.75 Å². The molecule has 9 heteroatoms. The van der Waals surface area contributed by atoms with Crippen molar-refractivity contribution < 1.29 is 32.2 Å². The number of anilines is 2. The minimum atomic E-state index is -4.44. The van der Waals surface area contributed by atoms with E-state index in [0.29, 0.717) is 39.2 Å². The van der Waals surface area contributed by atoms with Crippen LogP contribution in [0.4, 0.5) is 24.5 Å². The molecule has 0 atom stereocenters. The lowest BCUT2D eigenvalue weighted by Crippen LogP contribution is -2.14. The molecule has 0 spiro atoms. The number of carbonyl (C=O) groups is 2. The van der Waals surface area contributed by atoms with E-state index in [1.165, 1.54) is 30.9 Å². The van der Waals surface area contributed by atoms with Gasteiger partial charge in [0, 0.05) is 28.0 Å². The lowest BCUT2D eigenvalue weighted by Gasteiger charge is -2.12. The van der Waals surface area contributed by atoms with Crippen molar-refractivity contribution >= 4 is 34.2 Å². The van der Waals surface area contributed by atoms with E-state index < -0.39 is 17.7 Å². The minimum absolute atomic E-state index is 0.00781. The average Bonchev–Trinajstić information content (AvgIpc) is 3.13. The first-order chi connectivity index (χ1) is 17.1. The Morgan fingerprint density at radius 1 is 0.944 bits per heavy atom. The molecular formula is C27H23F3N2O4. The van der Waals surface area contributed by atoms with Gasteiger partial charge >= 0.3 is 12.1 Å². The van der Waals surface area contributed by atoms with Gasteiger partial charge in [-0.3, -0.25) is 14.2 Å². The molecule has 4 aromatic rings. The number of nitrogens with zero attached hydrogens (tertiary/aromatic N) is 1. The summed E-state index contributed by atoms with van der Waals surface area (Å²) in [5.41, 5.74) is 2.28. The van der Waals surface area contributed by atoms with Crippen molar-refractivity contribution in [1.82, 2.24) is 4.57 Å². The summed E-state index contributed by atoms with van der Waals surface area (Å²) in [5, 5.41) is 3.63. The van der Waals surface area contributed by atoms with Crippen LogP contribution < -0.4 is 10.1 Å². The van der Waals surface area contributed by atoms with Gasteiger partial charge in [-0.15, -0.1) is 0 Å². The van der Waals surface area contributed by atoms with Crippen LogP contribution in [0.15, 0.2) is 66.7 Å². The fraction of sp³-hybridized carbons (Fsp3) is 0.185. The summed E-state index contributed by atoms with van der Waals surface area (Å²) in [6, 6.07) is 16.5. The third kappa shape index (κ3) is 4.91. The molecule has 186 valence electrons. The highest BCUT2D eigenvalue weighted by Gasteiger charge is 2.30. The Morgan fingerprint density at radius 3 is 2.31 bits per heavy atom. The molecule has 1 N–H and O–H groups in total. The Morgan fingerprint density at radius 2 is 1.67 bits per heavy atom. The van der Waals surface area contributed by atoms with Crippen LogP contribution in [0.3, 0.4) is 0 Å². The maximum Gasteiger partial charge on any atom is 0.416 e. The highest BCUT2D eigenvalue weighted by molar-refractivity contribution is 6.05. The third-order valence-electron chi connectivity index (χ3n) is 5.90. The van der Waals surface area contributed by atoms with Crippen LogP contribution in [-0.2, 0) is 22.1 Å². The summed E-state index contributed by atoms with van der Waals surface area (Å²) < 4.78 is 50.6. The van der Waals surface area contributed by atoms with E-state index >= 15 is 0 Å². The summed E-state index contributed by atoms with van der Waals surface area (Å²) in [4.78, 5) is 25.5. The Labute approximate surface area is 205 Å². The highest BCUT2D eigenvalue weighted by atomic mass is 19.4. The molecule has 0 saturated carbocycles. The maximum absolute atomic E-state index is 13.5. The fourth-order valence-electron chi connectivity index (χ4n) is 4.06. The molecule has 6 nitrogen and oxygen atoms in total. The number of rotatable bonds is 6. The van der Waals surface area contributed by atoms with Crippen LogP contribution in [-0.4, -0.2) is 30.7 Å². The Balaban J connectivity index is 1.66. The molecule has 0 fully saturated rings. The van der Waals surface area contributed by atoms with Gasteiger partial charge in [0.2, 0.25) is 0 Å². The minimum Gasteiger partial charge on any atom is -0.497 e. The molecule has 0 aliphatic carbocycles. The van der Waals surface area contributed by atoms with Crippen molar-refractivity contribution in [2.75, 3.05) is 19.5 Å². The Hall–Kier alpha value is -4.27. The topological polar surface area (TPSA) is 69.6 Å². The van der Waals surface area contributed by atoms with E-state index in [4.69, 9.17) is 9.47 Å². The monoisotopic (exact) mass is 496 g/mol. The second kappa shape index (κ2) is 9.77. The zero-order valence-electron chi connectivity index (χ0n) is 19.8. The van der Waals surface area contributed by atoms with Crippen LogP contribution in [0.1, 0.15) is 27.2 Å². The number of halogens is 3. The highest BCUT2D eigenvalue weighted by Crippen LogP contribution is 2.33. The van der Waals surface area contributed by atoms with Crippen LogP contribution in [0.25, 0.3) is 10.9 Å². The fourth-order valence-corrected chi connectivity index (χ4v) is 4.06. The second-order valence-corrected chi connectivity index (χ2v) is 8.12. The molecule has 0 amide bonds. The van der Waals surface area contributed by atoms with Gasteiger partial charge in [0.15, 0.2) is 0 Å². The number of benzene rings is 3. The number of esters is 1. The van der Waals surface area contributed by atoms with Crippen molar-refractivity contribution in [1.29, 1.82) is 0 Å². The van der Waals surface area contributed by atoms with Gasteiger partial charge in [0.05, 0.1) is 31.7 Å². The van der Waals surface area contributed by atoms with Gasteiger partial charge in [-0.05, 0) is 73.2 Å². The molecule has 3 aromatic carbocycles. The maximum atomic E-state index is 13.5. The molecule has 0 aliphatic heterocycles. The van der Waals surface area contributed by atoms with Crippen molar-refractivity contribution in [3.05, 3.63) is 89.1 Å². The smallest absolute Gasteiger partial charge is 0.416 e. The van der Waals surface area contributed by atoms with Gasteiger partial charge < -0.3 is 14.8 Å². The summed E-state index contributed by atoms with van der Waals surface area (Å²) >= 11 is 0. The SMILES string of the molecule is COC(=O)Cc1c(C)n(C(=O)c2ccc(Nc3cccc(C(F)(F)F)c3)cc2)c2ccc(OC)cc12. The predicted molar refractivity (Wildman–Crippen MR) is 130 cm³/mol. The average molecular weight is 496 g/mol. The third-order valence-corrected chi connectivity index (χ3v) is 5.90. The number of fused-ring (bicyclic) bond motifs is 1. The van der Waals surface area contributed by atoms with E-state index in [-0.39, 0.29) is 18.0 Å². The first kappa shape index (κ1) is 24.8. The largest absolute Gasteiger partial charge is 0.497 e. The normalized spacial score (nSPS) is 11.4. The number of ether oxygens (including phenoxy) is 2. The molecule has 1 aromatic heterocycles. The number of hydrogen-bond donors (Lipinski definition) is 1. The molecular weight excluding hydrogens is 473 g/mol. The summed E-state index contributed by atoms with van der Waals surface area (Å²) in [6.07, 6.45) is -4.45. The molecule has 0 saturated heterocycles.